The van der Waals surface area contributed by atoms with E-state index >= 15 is 0 Å². The molecule has 1 aliphatic rings. The second-order valence-corrected chi connectivity index (χ2v) is 24.0. The van der Waals surface area contributed by atoms with Crippen LogP contribution in [-0.4, -0.2) is 50.6 Å². The van der Waals surface area contributed by atoms with Gasteiger partial charge < -0.3 is 13.7 Å². The van der Waals surface area contributed by atoms with Crippen molar-refractivity contribution in [3.05, 3.63) is 71.7 Å². The molecule has 2 atom stereocenters. The lowest BCUT2D eigenvalue weighted by Crippen LogP contribution is -2.48. The van der Waals surface area contributed by atoms with E-state index in [4.69, 9.17) is 24.2 Å². The van der Waals surface area contributed by atoms with Gasteiger partial charge in [0.2, 0.25) is 0 Å². The van der Waals surface area contributed by atoms with Gasteiger partial charge in [-0.05, 0) is 129 Å². The highest BCUT2D eigenvalue weighted by atomic mass is 127. The van der Waals surface area contributed by atoms with Crippen molar-refractivity contribution < 1.29 is 13.7 Å². The lowest BCUT2D eigenvalue weighted by Gasteiger charge is -2.36. The molecular formula is C37H52IN5O3SSi. The Balaban J connectivity index is 1.58. The molecule has 0 spiro atoms. The Hall–Kier alpha value is -1.87. The average Bonchev–Trinajstić information content (AvgIpc) is 3.47. The van der Waals surface area contributed by atoms with Crippen molar-refractivity contribution in [1.29, 1.82) is 0 Å². The molecule has 1 saturated heterocycles. The van der Waals surface area contributed by atoms with Gasteiger partial charge in [-0.2, -0.15) is 5.10 Å². The van der Waals surface area contributed by atoms with Crippen molar-refractivity contribution in [2.75, 3.05) is 13.2 Å². The van der Waals surface area contributed by atoms with Crippen LogP contribution < -0.4 is 4.72 Å². The fourth-order valence-corrected chi connectivity index (χ4v) is 8.85. The smallest absolute Gasteiger partial charge is 0.192 e. The predicted octanol–water partition coefficient (Wildman–Crippen LogP) is 9.34. The van der Waals surface area contributed by atoms with Crippen LogP contribution in [0.3, 0.4) is 0 Å². The summed E-state index contributed by atoms with van der Waals surface area (Å²) < 4.78 is 30.0. The van der Waals surface area contributed by atoms with E-state index in [0.717, 1.165) is 78.3 Å². The van der Waals surface area contributed by atoms with Gasteiger partial charge in [-0.25, -0.2) is 14.6 Å². The van der Waals surface area contributed by atoms with Crippen molar-refractivity contribution in [2.45, 2.75) is 113 Å². The summed E-state index contributed by atoms with van der Waals surface area (Å²) in [4.78, 5) is 10.3. The molecule has 4 heterocycles. The molecule has 0 aliphatic carbocycles. The fourth-order valence-electron chi connectivity index (χ4n) is 5.66. The summed E-state index contributed by atoms with van der Waals surface area (Å²) in [5.74, 6) is 1.13. The first kappa shape index (κ1) is 37.4. The van der Waals surface area contributed by atoms with E-state index in [0.29, 0.717) is 12.5 Å². The zero-order valence-electron chi connectivity index (χ0n) is 30.0. The van der Waals surface area contributed by atoms with Crippen LogP contribution in [0.5, 0.6) is 0 Å². The van der Waals surface area contributed by atoms with Gasteiger partial charge >= 0.3 is 0 Å². The summed E-state index contributed by atoms with van der Waals surface area (Å²) in [6.07, 6.45) is 5.63. The second kappa shape index (κ2) is 14.8. The zero-order valence-corrected chi connectivity index (χ0v) is 34.0. The third kappa shape index (κ3) is 8.35. The highest BCUT2D eigenvalue weighted by Crippen LogP contribution is 2.40. The molecule has 4 aromatic rings. The van der Waals surface area contributed by atoms with Gasteiger partial charge in [-0.3, -0.25) is 0 Å². The number of ether oxygens (including phenoxy) is 1. The van der Waals surface area contributed by atoms with Gasteiger partial charge in [-0.1, -0.05) is 46.2 Å². The summed E-state index contributed by atoms with van der Waals surface area (Å²) in [6, 6.07) is 16.7. The molecule has 1 aliphatic heterocycles. The summed E-state index contributed by atoms with van der Waals surface area (Å²) in [6.45, 7) is 21.4. The highest BCUT2D eigenvalue weighted by Gasteiger charge is 2.39. The predicted molar refractivity (Wildman–Crippen MR) is 209 cm³/mol. The maximum absolute atomic E-state index is 13.3. The summed E-state index contributed by atoms with van der Waals surface area (Å²) in [5, 5.41) is 6.16. The lowest BCUT2D eigenvalue weighted by molar-refractivity contribution is 0.0856. The van der Waals surface area contributed by atoms with E-state index < -0.39 is 28.0 Å². The third-order valence-electron chi connectivity index (χ3n) is 9.63. The second-order valence-electron chi connectivity index (χ2n) is 15.4. The standard InChI is InChI=1S/C37H52IN5O3SSi/c1-10-19-37(38,42-47(44)35(2,3)4)33-15-12-14-31(41-33)27-22-29(26-17-20-45-21-18-26)30-24-39-43(32(30)23-27)34-16-11-13-28(40-34)25-46-48(8,9)36(5,6)7/h11-16,22-24,26,42H,10,17-21,25H2,1-9H3/t37-,47-/m1/s1. The van der Waals surface area contributed by atoms with E-state index in [1.807, 2.05) is 55.9 Å². The van der Waals surface area contributed by atoms with Crippen LogP contribution in [0.1, 0.15) is 97.0 Å². The van der Waals surface area contributed by atoms with Gasteiger partial charge in [-0.15, -0.1) is 4.72 Å². The van der Waals surface area contributed by atoms with Crippen molar-refractivity contribution in [3.8, 4) is 17.1 Å². The number of nitrogens with one attached hydrogen (secondary N) is 1. The first-order chi connectivity index (χ1) is 22.5. The molecule has 11 heteroatoms. The molecule has 3 aromatic heterocycles. The molecule has 0 amide bonds. The van der Waals surface area contributed by atoms with E-state index in [2.05, 4.69) is 92.4 Å². The molecule has 48 heavy (non-hydrogen) atoms. The Kier molecular flexibility index (Phi) is 11.5. The number of hydrogen-bond acceptors (Lipinski definition) is 7. The molecule has 8 nitrogen and oxygen atoms in total. The molecule has 1 fully saturated rings. The molecule has 5 rings (SSSR count). The van der Waals surface area contributed by atoms with Crippen LogP contribution in [0.2, 0.25) is 18.1 Å². The Morgan fingerprint density at radius 2 is 1.75 bits per heavy atom. The van der Waals surface area contributed by atoms with Crippen molar-refractivity contribution in [3.63, 3.8) is 0 Å². The van der Waals surface area contributed by atoms with Gasteiger partial charge in [0.05, 0.1) is 35.4 Å². The van der Waals surface area contributed by atoms with Gasteiger partial charge in [0.25, 0.3) is 0 Å². The fraction of sp³-hybridized carbons (Fsp3) is 0.541. The highest BCUT2D eigenvalue weighted by molar-refractivity contribution is 14.1. The van der Waals surface area contributed by atoms with Crippen LogP contribution in [0.15, 0.2) is 54.7 Å². The monoisotopic (exact) mass is 801 g/mol. The number of alkyl halides is 1. The Morgan fingerprint density at radius 3 is 2.42 bits per heavy atom. The largest absolute Gasteiger partial charge is 0.598 e. The number of benzene rings is 1. The Morgan fingerprint density at radius 1 is 1.04 bits per heavy atom. The molecule has 260 valence electrons. The number of aromatic nitrogens is 4. The average molecular weight is 802 g/mol. The molecule has 0 saturated carbocycles. The minimum absolute atomic E-state index is 0.123. The van der Waals surface area contributed by atoms with Gasteiger partial charge in [0, 0.05) is 35.5 Å². The summed E-state index contributed by atoms with van der Waals surface area (Å²) in [5.41, 5.74) is 5.93. The van der Waals surface area contributed by atoms with E-state index in [9.17, 15) is 4.55 Å². The number of fused-ring (bicyclic) bond motifs is 1. The van der Waals surface area contributed by atoms with Crippen molar-refractivity contribution in [2.24, 2.45) is 0 Å². The molecule has 1 N–H and O–H groups in total. The minimum Gasteiger partial charge on any atom is -0.598 e. The topological polar surface area (TPSA) is 97.1 Å². The summed E-state index contributed by atoms with van der Waals surface area (Å²) >= 11 is 1.16. The zero-order chi connectivity index (χ0) is 34.9. The number of rotatable bonds is 11. The van der Waals surface area contributed by atoms with Gasteiger partial charge in [0.15, 0.2) is 17.7 Å². The quantitative estimate of drug-likeness (QED) is 0.0531. The molecular weight excluding hydrogens is 749 g/mol. The maximum Gasteiger partial charge on any atom is 0.192 e. The summed E-state index contributed by atoms with van der Waals surface area (Å²) in [7, 11) is -1.93. The number of hydrogen-bond donors (Lipinski definition) is 1. The first-order valence-electron chi connectivity index (χ1n) is 17.1. The maximum atomic E-state index is 13.3. The van der Waals surface area contributed by atoms with Crippen molar-refractivity contribution in [1.82, 2.24) is 24.5 Å². The van der Waals surface area contributed by atoms with Crippen LogP contribution >= 0.6 is 22.6 Å². The van der Waals surface area contributed by atoms with Crippen LogP contribution in [0, 0.1) is 0 Å². The van der Waals surface area contributed by atoms with Crippen LogP contribution in [-0.2, 0) is 30.7 Å². The lowest BCUT2D eigenvalue weighted by atomic mass is 9.88. The molecule has 0 unspecified atom stereocenters. The Labute approximate surface area is 304 Å². The third-order valence-corrected chi connectivity index (χ3v) is 17.5. The van der Waals surface area contributed by atoms with E-state index in [1.165, 1.54) is 5.56 Å². The van der Waals surface area contributed by atoms with E-state index in [1.54, 1.807) is 0 Å². The Bertz CT molecular complexity index is 1710. The first-order valence-corrected chi connectivity index (χ1v) is 22.2. The van der Waals surface area contributed by atoms with E-state index in [-0.39, 0.29) is 5.04 Å². The molecule has 1 aromatic carbocycles. The molecule has 0 radical (unpaired) electrons. The van der Waals surface area contributed by atoms with Crippen LogP contribution in [0.4, 0.5) is 0 Å². The number of nitrogens with zero attached hydrogens (tertiary/aromatic N) is 4. The minimum atomic E-state index is -1.93. The normalized spacial score (nSPS) is 17.1. The molecule has 0 bridgehead atoms. The van der Waals surface area contributed by atoms with Crippen molar-refractivity contribution >= 4 is 53.2 Å². The van der Waals surface area contributed by atoms with Crippen LogP contribution in [0.25, 0.3) is 28.0 Å². The number of halogens is 1. The van der Waals surface area contributed by atoms with Gasteiger partial charge in [0.1, 0.15) is 4.75 Å². The SMILES string of the molecule is CCC[C@@](I)(N[S@+]([O-])C(C)(C)C)c1cccc(-c2cc(C3CCOCC3)c3cnn(-c4cccc(CO[Si](C)(C)C(C)(C)C)n4)c3c2)n1. The number of pyridine rings is 2.